The van der Waals surface area contributed by atoms with Crippen LogP contribution < -0.4 is 10.2 Å². The number of amides is 1. The Morgan fingerprint density at radius 2 is 2.17 bits per heavy atom. The number of anilines is 1. The van der Waals surface area contributed by atoms with Gasteiger partial charge in [-0.05, 0) is 38.1 Å². The van der Waals surface area contributed by atoms with Crippen LogP contribution in [0.3, 0.4) is 0 Å². The Labute approximate surface area is 150 Å². The van der Waals surface area contributed by atoms with E-state index in [4.69, 9.17) is 4.98 Å². The van der Waals surface area contributed by atoms with Gasteiger partial charge in [0.2, 0.25) is 5.91 Å². The highest BCUT2D eigenvalue weighted by Crippen LogP contribution is 2.42. The standard InChI is InChI=1S/C18H23N3OS2/c1-11(2)21-15(16(22)19-13-5-3-4-6-13)9-14-18(21)24-17(20-14)12-7-8-23-10-12/h7-8,10-11,13,15H,3-6,9H2,1-2H3,(H,19,22)/t15-/m0/s1. The van der Waals surface area contributed by atoms with Crippen molar-refractivity contribution in [2.45, 2.75) is 64.1 Å². The maximum atomic E-state index is 12.8. The van der Waals surface area contributed by atoms with Crippen LogP contribution in [-0.4, -0.2) is 29.0 Å². The molecule has 1 aliphatic carbocycles. The fourth-order valence-electron chi connectivity index (χ4n) is 3.79. The molecule has 24 heavy (non-hydrogen) atoms. The molecule has 0 bridgehead atoms. The van der Waals surface area contributed by atoms with Crippen molar-refractivity contribution in [3.8, 4) is 10.6 Å². The van der Waals surface area contributed by atoms with Crippen molar-refractivity contribution in [3.05, 3.63) is 22.5 Å². The SMILES string of the molecule is CC(C)N1c2sc(-c3ccsc3)nc2C[C@H]1C(=O)NC1CCCC1. The van der Waals surface area contributed by atoms with E-state index in [-0.39, 0.29) is 11.9 Å². The lowest BCUT2D eigenvalue weighted by Gasteiger charge is -2.30. The van der Waals surface area contributed by atoms with Crippen molar-refractivity contribution in [1.82, 2.24) is 10.3 Å². The molecule has 0 saturated heterocycles. The summed E-state index contributed by atoms with van der Waals surface area (Å²) in [6.07, 6.45) is 5.46. The first kappa shape index (κ1) is 16.1. The van der Waals surface area contributed by atoms with E-state index in [9.17, 15) is 4.79 Å². The van der Waals surface area contributed by atoms with E-state index in [0.29, 0.717) is 12.1 Å². The van der Waals surface area contributed by atoms with Crippen molar-refractivity contribution in [1.29, 1.82) is 0 Å². The van der Waals surface area contributed by atoms with E-state index < -0.39 is 0 Å². The Morgan fingerprint density at radius 3 is 2.83 bits per heavy atom. The number of carbonyl (C=O) groups is 1. The predicted molar refractivity (Wildman–Crippen MR) is 101 cm³/mol. The Bertz CT molecular complexity index is 717. The number of fused-ring (bicyclic) bond motifs is 1. The quantitative estimate of drug-likeness (QED) is 0.893. The number of nitrogens with one attached hydrogen (secondary N) is 1. The van der Waals surface area contributed by atoms with Crippen LogP contribution >= 0.6 is 22.7 Å². The van der Waals surface area contributed by atoms with Crippen molar-refractivity contribution < 1.29 is 4.79 Å². The average molecular weight is 362 g/mol. The number of hydrogen-bond acceptors (Lipinski definition) is 5. The molecular formula is C18H23N3OS2. The highest BCUT2D eigenvalue weighted by molar-refractivity contribution is 7.19. The topological polar surface area (TPSA) is 45.2 Å². The van der Waals surface area contributed by atoms with Crippen LogP contribution in [0.2, 0.25) is 0 Å². The first-order valence-electron chi connectivity index (χ1n) is 8.74. The molecule has 4 nitrogen and oxygen atoms in total. The summed E-state index contributed by atoms with van der Waals surface area (Å²) in [6, 6.07) is 2.68. The van der Waals surface area contributed by atoms with E-state index in [1.54, 1.807) is 22.7 Å². The number of thiophene rings is 1. The molecule has 1 atom stereocenters. The van der Waals surface area contributed by atoms with Crippen molar-refractivity contribution in [2.24, 2.45) is 0 Å². The summed E-state index contributed by atoms with van der Waals surface area (Å²) in [5.41, 5.74) is 2.27. The minimum atomic E-state index is -0.101. The Balaban J connectivity index is 1.56. The van der Waals surface area contributed by atoms with Crippen molar-refractivity contribution >= 4 is 33.6 Å². The lowest BCUT2D eigenvalue weighted by molar-refractivity contribution is -0.123. The van der Waals surface area contributed by atoms with Crippen LogP contribution in [0.25, 0.3) is 10.6 Å². The highest BCUT2D eigenvalue weighted by Gasteiger charge is 2.39. The smallest absolute Gasteiger partial charge is 0.243 e. The zero-order chi connectivity index (χ0) is 16.7. The molecule has 2 aromatic heterocycles. The maximum absolute atomic E-state index is 12.8. The molecule has 1 amide bonds. The third kappa shape index (κ3) is 2.86. The number of aromatic nitrogens is 1. The van der Waals surface area contributed by atoms with Gasteiger partial charge in [-0.25, -0.2) is 4.98 Å². The van der Waals surface area contributed by atoms with Crippen molar-refractivity contribution in [2.75, 3.05) is 4.90 Å². The number of carbonyl (C=O) groups excluding carboxylic acids is 1. The van der Waals surface area contributed by atoms with Gasteiger partial charge >= 0.3 is 0 Å². The predicted octanol–water partition coefficient (Wildman–Crippen LogP) is 4.07. The van der Waals surface area contributed by atoms with E-state index in [0.717, 1.165) is 30.0 Å². The van der Waals surface area contributed by atoms with Gasteiger partial charge in [0, 0.05) is 29.4 Å². The Hall–Kier alpha value is -1.40. The van der Waals surface area contributed by atoms with Gasteiger partial charge < -0.3 is 10.2 Å². The first-order chi connectivity index (χ1) is 11.6. The monoisotopic (exact) mass is 361 g/mol. The molecule has 0 aromatic carbocycles. The minimum absolute atomic E-state index is 0.101. The van der Waals surface area contributed by atoms with Crippen LogP contribution in [0, 0.1) is 0 Å². The summed E-state index contributed by atoms with van der Waals surface area (Å²) >= 11 is 3.42. The molecule has 2 aliphatic rings. The molecule has 1 N–H and O–H groups in total. The molecule has 2 aromatic rings. The summed E-state index contributed by atoms with van der Waals surface area (Å²) in [4.78, 5) is 19.9. The zero-order valence-electron chi connectivity index (χ0n) is 14.1. The summed E-state index contributed by atoms with van der Waals surface area (Å²) in [6.45, 7) is 4.32. The fourth-order valence-corrected chi connectivity index (χ4v) is 5.78. The van der Waals surface area contributed by atoms with Crippen LogP contribution in [0.4, 0.5) is 5.00 Å². The second kappa shape index (κ2) is 6.48. The summed E-state index contributed by atoms with van der Waals surface area (Å²) < 4.78 is 0. The average Bonchev–Trinajstić information content (AvgIpc) is 3.29. The lowest BCUT2D eigenvalue weighted by Crippen LogP contribution is -2.50. The molecule has 1 aliphatic heterocycles. The van der Waals surface area contributed by atoms with Gasteiger partial charge in [0.15, 0.2) is 0 Å². The van der Waals surface area contributed by atoms with Gasteiger partial charge in [-0.15, -0.1) is 0 Å². The van der Waals surface area contributed by atoms with Gasteiger partial charge in [0.1, 0.15) is 16.1 Å². The van der Waals surface area contributed by atoms with Crippen molar-refractivity contribution in [3.63, 3.8) is 0 Å². The number of nitrogens with zero attached hydrogens (tertiary/aromatic N) is 2. The third-order valence-electron chi connectivity index (χ3n) is 4.96. The van der Waals surface area contributed by atoms with E-state index in [2.05, 4.69) is 40.9 Å². The Kier molecular flexibility index (Phi) is 4.35. The molecule has 0 radical (unpaired) electrons. The largest absolute Gasteiger partial charge is 0.352 e. The molecule has 128 valence electrons. The van der Waals surface area contributed by atoms with Crippen LogP contribution in [0.5, 0.6) is 0 Å². The zero-order valence-corrected chi connectivity index (χ0v) is 15.8. The highest BCUT2D eigenvalue weighted by atomic mass is 32.1. The summed E-state index contributed by atoms with van der Waals surface area (Å²) in [5, 5.41) is 9.74. The normalized spacial score (nSPS) is 20.8. The molecule has 4 rings (SSSR count). The molecular weight excluding hydrogens is 338 g/mol. The number of thiazole rings is 1. The van der Waals surface area contributed by atoms with Gasteiger partial charge in [0.05, 0.1) is 5.69 Å². The molecule has 1 fully saturated rings. The van der Waals surface area contributed by atoms with Gasteiger partial charge in [-0.1, -0.05) is 24.2 Å². The fraction of sp³-hybridized carbons (Fsp3) is 0.556. The van der Waals surface area contributed by atoms with E-state index in [1.165, 1.54) is 23.4 Å². The first-order valence-corrected chi connectivity index (χ1v) is 10.5. The summed E-state index contributed by atoms with van der Waals surface area (Å²) in [7, 11) is 0. The second-order valence-corrected chi connectivity index (χ2v) is 8.75. The summed E-state index contributed by atoms with van der Waals surface area (Å²) in [5.74, 6) is 0.179. The van der Waals surface area contributed by atoms with Crippen LogP contribution in [0.1, 0.15) is 45.2 Å². The second-order valence-electron chi connectivity index (χ2n) is 6.99. The molecule has 0 spiro atoms. The maximum Gasteiger partial charge on any atom is 0.243 e. The number of rotatable bonds is 4. The van der Waals surface area contributed by atoms with E-state index >= 15 is 0 Å². The number of hydrogen-bond donors (Lipinski definition) is 1. The minimum Gasteiger partial charge on any atom is -0.352 e. The third-order valence-corrected chi connectivity index (χ3v) is 6.81. The molecule has 6 heteroatoms. The van der Waals surface area contributed by atoms with Gasteiger partial charge in [0.25, 0.3) is 0 Å². The van der Waals surface area contributed by atoms with Crippen LogP contribution in [-0.2, 0) is 11.2 Å². The van der Waals surface area contributed by atoms with E-state index in [1.807, 2.05) is 0 Å². The van der Waals surface area contributed by atoms with Gasteiger partial charge in [-0.3, -0.25) is 4.79 Å². The molecule has 0 unspecified atom stereocenters. The lowest BCUT2D eigenvalue weighted by atomic mass is 10.1. The molecule has 3 heterocycles. The van der Waals surface area contributed by atoms with Gasteiger partial charge in [-0.2, -0.15) is 11.3 Å². The molecule has 1 saturated carbocycles. The Morgan fingerprint density at radius 1 is 1.38 bits per heavy atom. The van der Waals surface area contributed by atoms with Crippen LogP contribution in [0.15, 0.2) is 16.8 Å².